The van der Waals surface area contributed by atoms with E-state index in [9.17, 15) is 23.1 Å². The van der Waals surface area contributed by atoms with E-state index in [1.165, 1.54) is 18.2 Å². The Morgan fingerprint density at radius 2 is 1.73 bits per heavy atom. The molecule has 0 saturated heterocycles. The number of ether oxygens (including phenoxy) is 2. The summed E-state index contributed by atoms with van der Waals surface area (Å²) in [6.45, 7) is 7.76. The van der Waals surface area contributed by atoms with Crippen molar-refractivity contribution < 1.29 is 32.6 Å². The molecule has 12 heteroatoms. The van der Waals surface area contributed by atoms with Gasteiger partial charge in [0.15, 0.2) is 11.5 Å². The summed E-state index contributed by atoms with van der Waals surface area (Å²) in [5.41, 5.74) is -1.66. The molecule has 1 aliphatic rings. The molecule has 2 aromatic carbocycles. The normalized spacial score (nSPS) is 14.6. The zero-order chi connectivity index (χ0) is 30.3. The number of carbonyl (C=O) groups excluding carboxylic acids is 2. The Labute approximate surface area is 247 Å². The molecule has 226 valence electrons. The van der Waals surface area contributed by atoms with Gasteiger partial charge in [-0.15, -0.1) is 11.6 Å². The summed E-state index contributed by atoms with van der Waals surface area (Å²) < 4.78 is 40.0. The topological polar surface area (TPSA) is 134 Å². The Bertz CT molecular complexity index is 1300. The molecule has 2 aromatic rings. The van der Waals surface area contributed by atoms with E-state index in [0.717, 1.165) is 9.87 Å². The molecule has 0 radical (unpaired) electrons. The predicted octanol–water partition coefficient (Wildman–Crippen LogP) is 3.27. The fourth-order valence-electron chi connectivity index (χ4n) is 4.56. The summed E-state index contributed by atoms with van der Waals surface area (Å²) in [6, 6.07) is 13.5. The molecule has 0 aliphatic carbocycles. The van der Waals surface area contributed by atoms with Gasteiger partial charge in [0, 0.05) is 45.0 Å². The van der Waals surface area contributed by atoms with Gasteiger partial charge in [0.1, 0.15) is 11.6 Å². The van der Waals surface area contributed by atoms with Crippen molar-refractivity contribution in [3.05, 3.63) is 54.1 Å². The second-order valence-corrected chi connectivity index (χ2v) is 13.6. The minimum atomic E-state index is -4.21. The maximum atomic E-state index is 14.1. The maximum Gasteiger partial charge on any atom is 0.245 e. The average Bonchev–Trinajstić information content (AvgIpc) is 3.38. The molecule has 1 heterocycles. The van der Waals surface area contributed by atoms with Gasteiger partial charge in [0.25, 0.3) is 0 Å². The number of rotatable bonds is 15. The highest BCUT2D eigenvalue weighted by atomic mass is 35.5. The lowest BCUT2D eigenvalue weighted by molar-refractivity contribution is -0.125. The predicted molar refractivity (Wildman–Crippen MR) is 156 cm³/mol. The van der Waals surface area contributed by atoms with Crippen LogP contribution in [0, 0.1) is 11.3 Å². The molecule has 1 aliphatic heterocycles. The van der Waals surface area contributed by atoms with Crippen LogP contribution in [0.3, 0.4) is 0 Å². The first-order valence-corrected chi connectivity index (χ1v) is 15.5. The van der Waals surface area contributed by atoms with E-state index < -0.39 is 21.2 Å². The molecule has 0 bridgehead atoms. The standard InChI is InChI=1S/C29H40ClN3O7S/c1-21(2)18-33(41(37,38)23-10-11-24-25(14-23)40-20-39-24)29(36,15-22-8-6-5-7-9-22)12-13-31-26(34)16-28(3,4)19-32-27(35)17-30/h5-11,14,21,36H,12-13,15-20H2,1-4H3,(H,31,34)(H,32,35). The second-order valence-electron chi connectivity index (χ2n) is 11.4. The zero-order valence-electron chi connectivity index (χ0n) is 24.0. The molecule has 1 unspecified atom stereocenters. The zero-order valence-corrected chi connectivity index (χ0v) is 25.6. The fourth-order valence-corrected chi connectivity index (χ4v) is 6.50. The van der Waals surface area contributed by atoms with Crippen molar-refractivity contribution in [1.82, 2.24) is 14.9 Å². The van der Waals surface area contributed by atoms with E-state index in [2.05, 4.69) is 10.6 Å². The first kappa shape index (κ1) is 32.7. The number of benzene rings is 2. The minimum Gasteiger partial charge on any atom is -0.454 e. The lowest BCUT2D eigenvalue weighted by Gasteiger charge is -2.40. The number of aliphatic hydroxyl groups is 1. The van der Waals surface area contributed by atoms with Crippen molar-refractivity contribution >= 4 is 33.4 Å². The van der Waals surface area contributed by atoms with Gasteiger partial charge in [-0.05, 0) is 29.0 Å². The van der Waals surface area contributed by atoms with E-state index in [4.69, 9.17) is 21.1 Å². The maximum absolute atomic E-state index is 14.1. The molecule has 0 aromatic heterocycles. The van der Waals surface area contributed by atoms with Crippen LogP contribution in [0.5, 0.6) is 11.5 Å². The number of carbonyl (C=O) groups is 2. The van der Waals surface area contributed by atoms with Crippen LogP contribution in [0.2, 0.25) is 0 Å². The van der Waals surface area contributed by atoms with Crippen molar-refractivity contribution in [2.75, 3.05) is 32.3 Å². The second kappa shape index (κ2) is 13.9. The quantitative estimate of drug-likeness (QED) is 0.208. The summed E-state index contributed by atoms with van der Waals surface area (Å²) in [4.78, 5) is 24.3. The van der Waals surface area contributed by atoms with Crippen LogP contribution in [0.4, 0.5) is 0 Å². The van der Waals surface area contributed by atoms with Gasteiger partial charge >= 0.3 is 0 Å². The molecule has 0 fully saturated rings. The molecule has 3 rings (SSSR count). The van der Waals surface area contributed by atoms with E-state index in [0.29, 0.717) is 11.5 Å². The van der Waals surface area contributed by atoms with Gasteiger partial charge < -0.3 is 25.2 Å². The Morgan fingerprint density at radius 3 is 2.39 bits per heavy atom. The van der Waals surface area contributed by atoms with E-state index in [1.54, 1.807) is 0 Å². The highest BCUT2D eigenvalue weighted by molar-refractivity contribution is 7.89. The lowest BCUT2D eigenvalue weighted by Crippen LogP contribution is -2.55. The van der Waals surface area contributed by atoms with Crippen molar-refractivity contribution in [2.24, 2.45) is 11.3 Å². The third kappa shape index (κ3) is 9.06. The highest BCUT2D eigenvalue weighted by Gasteiger charge is 2.43. The Hall–Kier alpha value is -2.86. The van der Waals surface area contributed by atoms with Crippen molar-refractivity contribution in [1.29, 1.82) is 0 Å². The first-order chi connectivity index (χ1) is 19.3. The first-order valence-electron chi connectivity index (χ1n) is 13.5. The molecule has 2 amide bonds. The monoisotopic (exact) mass is 609 g/mol. The van der Waals surface area contributed by atoms with Crippen molar-refractivity contribution in [3.63, 3.8) is 0 Å². The van der Waals surface area contributed by atoms with Crippen LogP contribution >= 0.6 is 11.6 Å². The van der Waals surface area contributed by atoms with Gasteiger partial charge in [0.05, 0.1) is 4.90 Å². The van der Waals surface area contributed by atoms with Crippen LogP contribution in [-0.4, -0.2) is 67.7 Å². The smallest absolute Gasteiger partial charge is 0.245 e. The molecule has 0 saturated carbocycles. The van der Waals surface area contributed by atoms with Crippen molar-refractivity contribution in [2.45, 2.75) is 57.6 Å². The summed E-state index contributed by atoms with van der Waals surface area (Å²) in [5.74, 6) is -0.110. The van der Waals surface area contributed by atoms with Crippen LogP contribution in [0.25, 0.3) is 0 Å². The number of nitrogens with one attached hydrogen (secondary N) is 2. The Balaban J connectivity index is 1.85. The Kier molecular flexibility index (Phi) is 11.0. The third-order valence-electron chi connectivity index (χ3n) is 6.63. The number of alkyl halides is 1. The van der Waals surface area contributed by atoms with Crippen LogP contribution in [0.1, 0.15) is 46.1 Å². The van der Waals surface area contributed by atoms with Crippen LogP contribution < -0.4 is 20.1 Å². The molecular weight excluding hydrogens is 570 g/mol. The fraction of sp³-hybridized carbons (Fsp3) is 0.517. The van der Waals surface area contributed by atoms with Gasteiger partial charge in [-0.3, -0.25) is 9.59 Å². The van der Waals surface area contributed by atoms with Gasteiger partial charge in [-0.1, -0.05) is 58.0 Å². The summed E-state index contributed by atoms with van der Waals surface area (Å²) in [6.07, 6.45) is 0.0571. The molecule has 0 spiro atoms. The van der Waals surface area contributed by atoms with Crippen LogP contribution in [-0.2, 0) is 26.0 Å². The summed E-state index contributed by atoms with van der Waals surface area (Å²) in [5, 5.41) is 17.7. The van der Waals surface area contributed by atoms with Gasteiger partial charge in [0.2, 0.25) is 28.6 Å². The van der Waals surface area contributed by atoms with E-state index in [1.807, 2.05) is 58.0 Å². The lowest BCUT2D eigenvalue weighted by atomic mass is 9.89. The van der Waals surface area contributed by atoms with Crippen LogP contribution in [0.15, 0.2) is 53.4 Å². The number of amides is 2. The van der Waals surface area contributed by atoms with Gasteiger partial charge in [-0.25, -0.2) is 8.42 Å². The Morgan fingerprint density at radius 1 is 1.05 bits per heavy atom. The highest BCUT2D eigenvalue weighted by Crippen LogP contribution is 2.37. The average molecular weight is 610 g/mol. The number of hydrogen-bond donors (Lipinski definition) is 3. The van der Waals surface area contributed by atoms with Gasteiger partial charge in [-0.2, -0.15) is 4.31 Å². The molecule has 10 nitrogen and oxygen atoms in total. The number of nitrogens with zero attached hydrogens (tertiary/aromatic N) is 1. The number of hydrogen-bond acceptors (Lipinski definition) is 7. The minimum absolute atomic E-state index is 0.00205. The molecule has 1 atom stereocenters. The molecular formula is C29H40ClN3O7S. The van der Waals surface area contributed by atoms with E-state index in [-0.39, 0.29) is 74.2 Å². The largest absolute Gasteiger partial charge is 0.454 e. The molecule has 41 heavy (non-hydrogen) atoms. The number of sulfonamides is 1. The number of halogens is 1. The third-order valence-corrected chi connectivity index (χ3v) is 8.79. The van der Waals surface area contributed by atoms with E-state index >= 15 is 0 Å². The molecule has 3 N–H and O–H groups in total. The van der Waals surface area contributed by atoms with Crippen molar-refractivity contribution in [3.8, 4) is 11.5 Å². The number of fused-ring (bicyclic) bond motifs is 1. The summed E-state index contributed by atoms with van der Waals surface area (Å²) in [7, 11) is -4.21. The SMILES string of the molecule is CC(C)CN(C(O)(CCNC(=O)CC(C)(C)CNC(=O)CCl)Cc1ccccc1)S(=O)(=O)c1ccc2c(c1)OCO2. The summed E-state index contributed by atoms with van der Waals surface area (Å²) >= 11 is 5.54.